The predicted molar refractivity (Wildman–Crippen MR) is 74.9 cm³/mol. The van der Waals surface area contributed by atoms with Gasteiger partial charge in [0.2, 0.25) is 5.91 Å². The van der Waals surface area contributed by atoms with Crippen LogP contribution in [0.4, 0.5) is 5.69 Å². The van der Waals surface area contributed by atoms with Crippen LogP contribution in [0.2, 0.25) is 0 Å². The minimum Gasteiger partial charge on any atom is -0.307 e. The predicted octanol–water partition coefficient (Wildman–Crippen LogP) is 1.91. The fourth-order valence-corrected chi connectivity index (χ4v) is 2.38. The normalized spacial score (nSPS) is 23.3. The maximum absolute atomic E-state index is 12.4. The number of carbonyl (C=O) groups excluding carboxylic acids is 1. The molecule has 2 atom stereocenters. The molecule has 0 spiro atoms. The number of hydrogen-bond acceptors (Lipinski definition) is 3. The molecule has 1 aromatic carbocycles. The SMILES string of the molecule is Cc1ccc(N2C(=O)C(CC#N)NCC2C)cc1C. The van der Waals surface area contributed by atoms with Crippen LogP contribution >= 0.6 is 0 Å². The number of nitriles is 1. The fraction of sp³-hybridized carbons (Fsp3) is 0.467. The Morgan fingerprint density at radius 3 is 2.79 bits per heavy atom. The molecule has 1 aliphatic heterocycles. The van der Waals surface area contributed by atoms with Gasteiger partial charge in [-0.05, 0) is 44.0 Å². The van der Waals surface area contributed by atoms with Crippen LogP contribution in [0.25, 0.3) is 0 Å². The lowest BCUT2D eigenvalue weighted by molar-refractivity contribution is -0.122. The first-order valence-electron chi connectivity index (χ1n) is 6.55. The van der Waals surface area contributed by atoms with Crippen LogP contribution in [0.3, 0.4) is 0 Å². The van der Waals surface area contributed by atoms with Crippen LogP contribution in [-0.4, -0.2) is 24.5 Å². The molecule has 4 nitrogen and oxygen atoms in total. The van der Waals surface area contributed by atoms with Gasteiger partial charge in [-0.15, -0.1) is 0 Å². The van der Waals surface area contributed by atoms with Gasteiger partial charge in [0.1, 0.15) is 6.04 Å². The number of aryl methyl sites for hydroxylation is 2. The Labute approximate surface area is 114 Å². The van der Waals surface area contributed by atoms with Crippen molar-refractivity contribution in [2.75, 3.05) is 11.4 Å². The molecular formula is C15H19N3O. The summed E-state index contributed by atoms with van der Waals surface area (Å²) in [5, 5.41) is 11.9. The molecule has 1 aliphatic rings. The second kappa shape index (κ2) is 5.41. The molecule has 1 aromatic rings. The fourth-order valence-electron chi connectivity index (χ4n) is 2.38. The molecule has 1 saturated heterocycles. The molecule has 0 bridgehead atoms. The molecule has 100 valence electrons. The van der Waals surface area contributed by atoms with Gasteiger partial charge in [0.15, 0.2) is 0 Å². The zero-order valence-corrected chi connectivity index (χ0v) is 11.6. The van der Waals surface area contributed by atoms with Crippen molar-refractivity contribution < 1.29 is 4.79 Å². The number of anilines is 1. The summed E-state index contributed by atoms with van der Waals surface area (Å²) in [6.45, 7) is 6.83. The van der Waals surface area contributed by atoms with Crippen molar-refractivity contribution in [3.8, 4) is 6.07 Å². The molecular weight excluding hydrogens is 238 g/mol. The number of piperazine rings is 1. The molecule has 1 amide bonds. The lowest BCUT2D eigenvalue weighted by atomic mass is 10.0. The van der Waals surface area contributed by atoms with Crippen molar-refractivity contribution in [1.29, 1.82) is 5.26 Å². The van der Waals surface area contributed by atoms with Crippen molar-refractivity contribution in [2.45, 2.75) is 39.3 Å². The van der Waals surface area contributed by atoms with E-state index in [2.05, 4.69) is 18.3 Å². The van der Waals surface area contributed by atoms with E-state index in [0.29, 0.717) is 6.54 Å². The third-order valence-electron chi connectivity index (χ3n) is 3.70. The summed E-state index contributed by atoms with van der Waals surface area (Å²) in [4.78, 5) is 14.2. The van der Waals surface area contributed by atoms with E-state index in [9.17, 15) is 4.79 Å². The number of hydrogen-bond donors (Lipinski definition) is 1. The second-order valence-corrected chi connectivity index (χ2v) is 5.15. The van der Waals surface area contributed by atoms with Gasteiger partial charge in [0.25, 0.3) is 0 Å². The molecule has 0 aromatic heterocycles. The Balaban J connectivity index is 2.32. The van der Waals surface area contributed by atoms with Crippen molar-refractivity contribution in [1.82, 2.24) is 5.32 Å². The first kappa shape index (κ1) is 13.6. The summed E-state index contributed by atoms with van der Waals surface area (Å²) in [5.74, 6) is -0.0106. The number of amides is 1. The average Bonchev–Trinajstić information content (AvgIpc) is 2.37. The van der Waals surface area contributed by atoms with Crippen LogP contribution in [0, 0.1) is 25.2 Å². The van der Waals surface area contributed by atoms with E-state index in [0.717, 1.165) is 5.69 Å². The first-order valence-corrected chi connectivity index (χ1v) is 6.55. The van der Waals surface area contributed by atoms with Gasteiger partial charge >= 0.3 is 0 Å². The van der Waals surface area contributed by atoms with E-state index in [1.165, 1.54) is 11.1 Å². The summed E-state index contributed by atoms with van der Waals surface area (Å²) < 4.78 is 0. The Hall–Kier alpha value is -1.86. The highest BCUT2D eigenvalue weighted by Gasteiger charge is 2.33. The van der Waals surface area contributed by atoms with Crippen molar-refractivity contribution in [3.05, 3.63) is 29.3 Å². The Kier molecular flexibility index (Phi) is 3.87. The summed E-state index contributed by atoms with van der Waals surface area (Å²) in [6, 6.07) is 7.83. The van der Waals surface area contributed by atoms with Crippen molar-refractivity contribution in [2.24, 2.45) is 0 Å². The highest BCUT2D eigenvalue weighted by Crippen LogP contribution is 2.24. The molecule has 2 unspecified atom stereocenters. The van der Waals surface area contributed by atoms with Crippen LogP contribution in [0.5, 0.6) is 0 Å². The van der Waals surface area contributed by atoms with E-state index in [-0.39, 0.29) is 24.4 Å². The second-order valence-electron chi connectivity index (χ2n) is 5.15. The van der Waals surface area contributed by atoms with E-state index in [4.69, 9.17) is 5.26 Å². The van der Waals surface area contributed by atoms with Gasteiger partial charge in [-0.1, -0.05) is 6.07 Å². The molecule has 1 fully saturated rings. The smallest absolute Gasteiger partial charge is 0.245 e. The van der Waals surface area contributed by atoms with Crippen LogP contribution in [-0.2, 0) is 4.79 Å². The van der Waals surface area contributed by atoms with E-state index in [1.807, 2.05) is 36.9 Å². The number of benzene rings is 1. The number of nitrogens with one attached hydrogen (secondary N) is 1. The molecule has 4 heteroatoms. The Morgan fingerprint density at radius 2 is 2.16 bits per heavy atom. The first-order chi connectivity index (χ1) is 9.04. The molecule has 1 heterocycles. The third kappa shape index (κ3) is 2.61. The zero-order valence-electron chi connectivity index (χ0n) is 11.6. The lowest BCUT2D eigenvalue weighted by Crippen LogP contribution is -2.59. The van der Waals surface area contributed by atoms with E-state index >= 15 is 0 Å². The van der Waals surface area contributed by atoms with Crippen molar-refractivity contribution in [3.63, 3.8) is 0 Å². The number of nitrogens with zero attached hydrogens (tertiary/aromatic N) is 2. The molecule has 2 rings (SSSR count). The van der Waals surface area contributed by atoms with Gasteiger partial charge in [0, 0.05) is 18.3 Å². The van der Waals surface area contributed by atoms with Crippen molar-refractivity contribution >= 4 is 11.6 Å². The van der Waals surface area contributed by atoms with E-state index in [1.54, 1.807) is 0 Å². The van der Waals surface area contributed by atoms with Crippen LogP contribution < -0.4 is 10.2 Å². The molecule has 1 N–H and O–H groups in total. The minimum absolute atomic E-state index is 0.0106. The standard InChI is InChI=1S/C15H19N3O/c1-10-4-5-13(8-11(10)2)18-12(3)9-17-14(6-7-16)15(18)19/h4-5,8,12,14,17H,6,9H2,1-3H3. The van der Waals surface area contributed by atoms with Crippen LogP contribution in [0.15, 0.2) is 18.2 Å². The maximum Gasteiger partial charge on any atom is 0.245 e. The highest BCUT2D eigenvalue weighted by atomic mass is 16.2. The number of rotatable bonds is 2. The van der Waals surface area contributed by atoms with Gasteiger partial charge in [0.05, 0.1) is 12.5 Å². The largest absolute Gasteiger partial charge is 0.307 e. The topological polar surface area (TPSA) is 56.1 Å². The molecule has 0 saturated carbocycles. The zero-order chi connectivity index (χ0) is 14.0. The van der Waals surface area contributed by atoms with Gasteiger partial charge < -0.3 is 10.2 Å². The summed E-state index contributed by atoms with van der Waals surface area (Å²) >= 11 is 0. The lowest BCUT2D eigenvalue weighted by Gasteiger charge is -2.38. The van der Waals surface area contributed by atoms with Gasteiger partial charge in [-0.3, -0.25) is 4.79 Å². The highest BCUT2D eigenvalue weighted by molar-refractivity contribution is 5.98. The third-order valence-corrected chi connectivity index (χ3v) is 3.70. The average molecular weight is 257 g/mol. The monoisotopic (exact) mass is 257 g/mol. The summed E-state index contributed by atoms with van der Waals surface area (Å²) in [6.07, 6.45) is 0.215. The molecule has 0 radical (unpaired) electrons. The Bertz CT molecular complexity index is 533. The minimum atomic E-state index is -0.386. The quantitative estimate of drug-likeness (QED) is 0.880. The van der Waals surface area contributed by atoms with Crippen LogP contribution in [0.1, 0.15) is 24.5 Å². The molecule has 0 aliphatic carbocycles. The maximum atomic E-state index is 12.4. The number of carbonyl (C=O) groups is 1. The Morgan fingerprint density at radius 1 is 1.42 bits per heavy atom. The molecule has 19 heavy (non-hydrogen) atoms. The van der Waals surface area contributed by atoms with E-state index < -0.39 is 0 Å². The van der Waals surface area contributed by atoms with Gasteiger partial charge in [-0.25, -0.2) is 0 Å². The summed E-state index contributed by atoms with van der Waals surface area (Å²) in [7, 11) is 0. The van der Waals surface area contributed by atoms with Gasteiger partial charge in [-0.2, -0.15) is 5.26 Å². The summed E-state index contributed by atoms with van der Waals surface area (Å²) in [5.41, 5.74) is 3.31.